The molecule has 0 aromatic heterocycles. The van der Waals surface area contributed by atoms with Crippen LogP contribution in [0.15, 0.2) is 43.0 Å². The average molecular weight is 452 g/mol. The van der Waals surface area contributed by atoms with E-state index in [4.69, 9.17) is 0 Å². The molecule has 3 aliphatic rings. The van der Waals surface area contributed by atoms with Gasteiger partial charge in [0.05, 0.1) is 0 Å². The summed E-state index contributed by atoms with van der Waals surface area (Å²) < 4.78 is 27.0. The number of hydrogen-bond acceptors (Lipinski definition) is 4. The van der Waals surface area contributed by atoms with Crippen molar-refractivity contribution in [3.8, 4) is 0 Å². The first kappa shape index (κ1) is 21.8. The van der Waals surface area contributed by atoms with Crippen molar-refractivity contribution in [2.75, 3.05) is 13.1 Å². The molecule has 0 aliphatic carbocycles. The van der Waals surface area contributed by atoms with Crippen molar-refractivity contribution in [1.29, 1.82) is 0 Å². The zero-order valence-corrected chi connectivity index (χ0v) is 18.4. The fraction of sp³-hybridized carbons (Fsp3) is 0.385. The summed E-state index contributed by atoms with van der Waals surface area (Å²) in [5.74, 6) is -1.11. The third-order valence-electron chi connectivity index (χ3n) is 7.10. The Morgan fingerprint density at radius 1 is 1.00 bits per heavy atom. The zero-order chi connectivity index (χ0) is 23.1. The Labute approximate surface area is 192 Å². The van der Waals surface area contributed by atoms with E-state index in [9.17, 15) is 18.4 Å². The SMILES string of the molecule is C=C1c2ccc(C3CCN(Cc4cc(F)cc(F)c4)CC3)cc2CN1C1CCC(=O)NC1=O. The van der Waals surface area contributed by atoms with Crippen molar-refractivity contribution in [1.82, 2.24) is 15.1 Å². The summed E-state index contributed by atoms with van der Waals surface area (Å²) in [7, 11) is 0. The Balaban J connectivity index is 1.23. The third-order valence-corrected chi connectivity index (χ3v) is 7.10. The normalized spacial score (nSPS) is 21.9. The summed E-state index contributed by atoms with van der Waals surface area (Å²) in [6.45, 7) is 7.12. The lowest BCUT2D eigenvalue weighted by Crippen LogP contribution is -2.50. The van der Waals surface area contributed by atoms with Gasteiger partial charge in [-0.1, -0.05) is 24.8 Å². The molecule has 33 heavy (non-hydrogen) atoms. The van der Waals surface area contributed by atoms with Gasteiger partial charge in [-0.3, -0.25) is 19.8 Å². The predicted octanol–water partition coefficient (Wildman–Crippen LogP) is 3.94. The molecule has 1 N–H and O–H groups in total. The lowest BCUT2D eigenvalue weighted by Gasteiger charge is -2.32. The van der Waals surface area contributed by atoms with Crippen LogP contribution in [0.5, 0.6) is 0 Å². The predicted molar refractivity (Wildman–Crippen MR) is 121 cm³/mol. The van der Waals surface area contributed by atoms with Crippen LogP contribution in [0.1, 0.15) is 53.9 Å². The second-order valence-corrected chi connectivity index (χ2v) is 9.29. The van der Waals surface area contributed by atoms with Gasteiger partial charge in [-0.05, 0) is 67.1 Å². The Morgan fingerprint density at radius 2 is 1.73 bits per heavy atom. The number of nitrogens with one attached hydrogen (secondary N) is 1. The van der Waals surface area contributed by atoms with Gasteiger partial charge in [0, 0.05) is 36.8 Å². The van der Waals surface area contributed by atoms with Gasteiger partial charge in [0.1, 0.15) is 17.7 Å². The van der Waals surface area contributed by atoms with Gasteiger partial charge in [0.2, 0.25) is 11.8 Å². The number of rotatable bonds is 4. The number of imide groups is 1. The van der Waals surface area contributed by atoms with Crippen LogP contribution in [0.25, 0.3) is 5.70 Å². The molecule has 5 rings (SSSR count). The fourth-order valence-corrected chi connectivity index (χ4v) is 5.38. The first-order chi connectivity index (χ1) is 15.9. The largest absolute Gasteiger partial charge is 0.355 e. The maximum Gasteiger partial charge on any atom is 0.249 e. The van der Waals surface area contributed by atoms with E-state index < -0.39 is 11.6 Å². The molecule has 0 bridgehead atoms. The highest BCUT2D eigenvalue weighted by molar-refractivity contribution is 6.01. The molecule has 1 unspecified atom stereocenters. The molecule has 3 heterocycles. The van der Waals surface area contributed by atoms with Gasteiger partial charge >= 0.3 is 0 Å². The highest BCUT2D eigenvalue weighted by Gasteiger charge is 2.36. The average Bonchev–Trinajstić information content (AvgIpc) is 3.09. The fourth-order valence-electron chi connectivity index (χ4n) is 5.38. The zero-order valence-electron chi connectivity index (χ0n) is 18.4. The minimum atomic E-state index is -0.536. The Morgan fingerprint density at radius 3 is 2.42 bits per heavy atom. The topological polar surface area (TPSA) is 52.6 Å². The molecule has 2 amide bonds. The van der Waals surface area contributed by atoms with E-state index in [1.807, 2.05) is 4.90 Å². The smallest absolute Gasteiger partial charge is 0.249 e. The highest BCUT2D eigenvalue weighted by Crippen LogP contribution is 2.38. The van der Waals surface area contributed by atoms with Crippen molar-refractivity contribution in [3.63, 3.8) is 0 Å². The quantitative estimate of drug-likeness (QED) is 0.716. The molecule has 5 nitrogen and oxygen atoms in total. The number of halogens is 2. The van der Waals surface area contributed by atoms with Crippen molar-refractivity contribution >= 4 is 17.5 Å². The van der Waals surface area contributed by atoms with Crippen LogP contribution in [0.3, 0.4) is 0 Å². The number of likely N-dealkylation sites (tertiary alicyclic amines) is 1. The summed E-state index contributed by atoms with van der Waals surface area (Å²) in [6.07, 6.45) is 2.82. The van der Waals surface area contributed by atoms with Crippen LogP contribution >= 0.6 is 0 Å². The molecule has 0 radical (unpaired) electrons. The highest BCUT2D eigenvalue weighted by atomic mass is 19.1. The van der Waals surface area contributed by atoms with E-state index in [1.165, 1.54) is 23.3 Å². The molecule has 2 fully saturated rings. The van der Waals surface area contributed by atoms with Crippen LogP contribution in [-0.4, -0.2) is 40.7 Å². The minimum Gasteiger partial charge on any atom is -0.355 e. The van der Waals surface area contributed by atoms with E-state index in [-0.39, 0.29) is 17.9 Å². The van der Waals surface area contributed by atoms with Crippen molar-refractivity contribution in [2.24, 2.45) is 0 Å². The Hall–Kier alpha value is -3.06. The van der Waals surface area contributed by atoms with Gasteiger partial charge in [-0.2, -0.15) is 0 Å². The van der Waals surface area contributed by atoms with Gasteiger partial charge in [-0.15, -0.1) is 0 Å². The maximum atomic E-state index is 13.5. The minimum absolute atomic E-state index is 0.213. The van der Waals surface area contributed by atoms with E-state index in [0.717, 1.165) is 43.3 Å². The van der Waals surface area contributed by atoms with Gasteiger partial charge < -0.3 is 4.90 Å². The molecular formula is C26H27F2N3O2. The van der Waals surface area contributed by atoms with Gasteiger partial charge in [-0.25, -0.2) is 8.78 Å². The number of carbonyl (C=O) groups is 2. The number of piperidine rings is 2. The van der Waals surface area contributed by atoms with E-state index in [2.05, 4.69) is 35.0 Å². The van der Waals surface area contributed by atoms with Gasteiger partial charge in [0.15, 0.2) is 0 Å². The molecule has 0 saturated carbocycles. The number of carbonyl (C=O) groups excluding carboxylic acids is 2. The standard InChI is InChI=1S/C26H27F2N3O2/c1-16-23-3-2-19(12-20(23)15-31(16)24-4-5-25(32)29-26(24)33)18-6-8-30(9-7-18)14-17-10-21(27)13-22(28)11-17/h2-3,10-13,18,24H,1,4-9,14-15H2,(H,29,32,33). The Kier molecular flexibility index (Phi) is 5.74. The molecule has 2 aromatic carbocycles. The van der Waals surface area contributed by atoms with Gasteiger partial charge in [0.25, 0.3) is 0 Å². The molecule has 3 aliphatic heterocycles. The summed E-state index contributed by atoms with van der Waals surface area (Å²) in [5.41, 5.74) is 5.01. The van der Waals surface area contributed by atoms with Crippen LogP contribution in [0.2, 0.25) is 0 Å². The summed E-state index contributed by atoms with van der Waals surface area (Å²) in [4.78, 5) is 28.1. The Bertz CT molecular complexity index is 1100. The molecule has 2 saturated heterocycles. The maximum absolute atomic E-state index is 13.5. The first-order valence-electron chi connectivity index (χ1n) is 11.5. The van der Waals surface area contributed by atoms with Crippen molar-refractivity contribution < 1.29 is 18.4 Å². The van der Waals surface area contributed by atoms with E-state index in [0.29, 0.717) is 37.4 Å². The van der Waals surface area contributed by atoms with Crippen LogP contribution in [0.4, 0.5) is 8.78 Å². The summed E-state index contributed by atoms with van der Waals surface area (Å²) in [5, 5.41) is 2.44. The molecule has 1 atom stereocenters. The molecule has 2 aromatic rings. The van der Waals surface area contributed by atoms with Crippen molar-refractivity contribution in [3.05, 3.63) is 76.9 Å². The number of benzene rings is 2. The monoisotopic (exact) mass is 451 g/mol. The number of hydrogen-bond donors (Lipinski definition) is 1. The van der Waals surface area contributed by atoms with E-state index in [1.54, 1.807) is 0 Å². The molecule has 7 heteroatoms. The molecule has 0 spiro atoms. The summed E-state index contributed by atoms with van der Waals surface area (Å²) >= 11 is 0. The van der Waals surface area contributed by atoms with E-state index >= 15 is 0 Å². The number of amides is 2. The van der Waals surface area contributed by atoms with Crippen LogP contribution in [0, 0.1) is 11.6 Å². The number of nitrogens with zero attached hydrogens (tertiary/aromatic N) is 2. The van der Waals surface area contributed by atoms with Crippen LogP contribution < -0.4 is 5.32 Å². The molecule has 172 valence electrons. The lowest BCUT2D eigenvalue weighted by atomic mass is 9.87. The second kappa shape index (κ2) is 8.71. The lowest BCUT2D eigenvalue weighted by molar-refractivity contribution is -0.136. The second-order valence-electron chi connectivity index (χ2n) is 9.29. The summed E-state index contributed by atoms with van der Waals surface area (Å²) in [6, 6.07) is 9.82. The first-order valence-corrected chi connectivity index (χ1v) is 11.5. The molecular weight excluding hydrogens is 424 g/mol. The van der Waals surface area contributed by atoms with Crippen molar-refractivity contribution in [2.45, 2.75) is 50.7 Å². The number of fused-ring (bicyclic) bond motifs is 1. The van der Waals surface area contributed by atoms with Crippen LogP contribution in [-0.2, 0) is 22.7 Å². The third kappa shape index (κ3) is 4.42.